The zero-order valence-electron chi connectivity index (χ0n) is 17.1. The second-order valence-electron chi connectivity index (χ2n) is 7.98. The second kappa shape index (κ2) is 9.06. The summed E-state index contributed by atoms with van der Waals surface area (Å²) in [7, 11) is -1.74. The highest BCUT2D eigenvalue weighted by molar-refractivity contribution is 6.90. The molecule has 0 amide bonds. The Labute approximate surface area is 161 Å². The van der Waals surface area contributed by atoms with Gasteiger partial charge in [-0.05, 0) is 33.8 Å². The van der Waals surface area contributed by atoms with Crippen molar-refractivity contribution in [1.82, 2.24) is 0 Å². The minimum absolute atomic E-state index is 0.642. The Hall–Kier alpha value is -2.04. The molecule has 0 radical (unpaired) electrons. The van der Waals surface area contributed by atoms with Gasteiger partial charge in [-0.15, -0.1) is 5.54 Å². The van der Waals surface area contributed by atoms with E-state index in [9.17, 15) is 0 Å². The van der Waals surface area contributed by atoms with Crippen molar-refractivity contribution in [2.24, 2.45) is 0 Å². The van der Waals surface area contributed by atoms with Crippen LogP contribution in [-0.4, -0.2) is 8.07 Å². The lowest BCUT2D eigenvalue weighted by Gasteiger charge is -2.38. The first-order valence-electron chi connectivity index (χ1n) is 9.73. The summed E-state index contributed by atoms with van der Waals surface area (Å²) in [5.41, 5.74) is 9.32. The first-order chi connectivity index (χ1) is 12.4. The van der Waals surface area contributed by atoms with Gasteiger partial charge in [-0.25, -0.2) is 0 Å². The Morgan fingerprint density at radius 3 is 1.65 bits per heavy atom. The van der Waals surface area contributed by atoms with E-state index < -0.39 is 8.07 Å². The maximum absolute atomic E-state index is 3.87. The van der Waals surface area contributed by atoms with Crippen molar-refractivity contribution in [1.29, 1.82) is 0 Å². The summed E-state index contributed by atoms with van der Waals surface area (Å²) in [5.74, 6) is 3.64. The fraction of sp³-hybridized carbons (Fsp3) is 0.360. The highest BCUT2D eigenvalue weighted by atomic mass is 28.3. The van der Waals surface area contributed by atoms with Gasteiger partial charge in [-0.2, -0.15) is 0 Å². The predicted molar refractivity (Wildman–Crippen MR) is 120 cm³/mol. The predicted octanol–water partition coefficient (Wildman–Crippen LogP) is 7.45. The van der Waals surface area contributed by atoms with Crippen LogP contribution in [0.25, 0.3) is 11.6 Å². The summed E-state index contributed by atoms with van der Waals surface area (Å²) in [6, 6.07) is 21.1. The lowest BCUT2D eigenvalue weighted by atomic mass is 10.0. The average molecular weight is 361 g/mol. The van der Waals surface area contributed by atoms with Crippen molar-refractivity contribution >= 4 is 19.7 Å². The Balaban J connectivity index is 2.58. The van der Waals surface area contributed by atoms with E-state index in [-0.39, 0.29) is 0 Å². The smallest absolute Gasteiger partial charge is 0.125 e. The molecule has 2 aromatic carbocycles. The first kappa shape index (κ1) is 20.3. The summed E-state index contributed by atoms with van der Waals surface area (Å²) in [5, 5.41) is 0. The van der Waals surface area contributed by atoms with Crippen molar-refractivity contribution in [2.45, 2.75) is 58.2 Å². The van der Waals surface area contributed by atoms with Gasteiger partial charge in [-0.1, -0.05) is 108 Å². The molecular weight excluding hydrogens is 328 g/mol. The number of rotatable bonds is 5. The van der Waals surface area contributed by atoms with Gasteiger partial charge in [0.05, 0.1) is 0 Å². The normalized spacial score (nSPS) is 12.4. The number of hydrogen-bond donors (Lipinski definition) is 0. The van der Waals surface area contributed by atoms with Gasteiger partial charge in [0, 0.05) is 5.57 Å². The van der Waals surface area contributed by atoms with Crippen LogP contribution >= 0.6 is 0 Å². The summed E-state index contributed by atoms with van der Waals surface area (Å²) >= 11 is 0. The molecule has 0 atom stereocenters. The molecule has 0 N–H and O–H groups in total. The summed E-state index contributed by atoms with van der Waals surface area (Å²) in [4.78, 5) is 0. The molecule has 0 aliphatic carbocycles. The van der Waals surface area contributed by atoms with Crippen LogP contribution in [0.2, 0.25) is 16.6 Å². The lowest BCUT2D eigenvalue weighted by molar-refractivity contribution is 0.838. The molecule has 0 fully saturated rings. The van der Waals surface area contributed by atoms with Gasteiger partial charge in [0.25, 0.3) is 0 Å². The van der Waals surface area contributed by atoms with Gasteiger partial charge in [-0.3, -0.25) is 0 Å². The van der Waals surface area contributed by atoms with Crippen LogP contribution in [0.5, 0.6) is 0 Å². The van der Waals surface area contributed by atoms with Crippen LogP contribution in [0.4, 0.5) is 0 Å². The summed E-state index contributed by atoms with van der Waals surface area (Å²) in [6.07, 6.45) is 2.22. The van der Waals surface area contributed by atoms with E-state index in [1.807, 2.05) is 0 Å². The van der Waals surface area contributed by atoms with E-state index in [4.69, 9.17) is 0 Å². The molecule has 136 valence electrons. The molecule has 2 rings (SSSR count). The molecule has 0 heterocycles. The lowest BCUT2D eigenvalue weighted by Crippen LogP contribution is -2.43. The van der Waals surface area contributed by atoms with Gasteiger partial charge >= 0.3 is 0 Å². The maximum Gasteiger partial charge on any atom is 0.146 e. The average Bonchev–Trinajstić information content (AvgIpc) is 2.62. The van der Waals surface area contributed by atoms with Crippen molar-refractivity contribution in [3.8, 4) is 11.5 Å². The third-order valence-corrected chi connectivity index (χ3v) is 11.8. The molecule has 0 nitrogen and oxygen atoms in total. The fourth-order valence-electron chi connectivity index (χ4n) is 4.13. The molecular formula is C25H32Si. The summed E-state index contributed by atoms with van der Waals surface area (Å²) in [6.45, 7) is 14.2. The van der Waals surface area contributed by atoms with E-state index in [1.165, 1.54) is 11.1 Å². The zero-order chi connectivity index (χ0) is 19.2. The first-order valence-corrected chi connectivity index (χ1v) is 12.0. The van der Waals surface area contributed by atoms with Gasteiger partial charge in [0.2, 0.25) is 0 Å². The van der Waals surface area contributed by atoms with Crippen LogP contribution < -0.4 is 0 Å². The number of hydrogen-bond acceptors (Lipinski definition) is 0. The molecule has 0 aliphatic heterocycles. The highest BCUT2D eigenvalue weighted by Gasteiger charge is 2.41. The molecule has 0 bridgehead atoms. The third-order valence-electron chi connectivity index (χ3n) is 5.48. The van der Waals surface area contributed by atoms with E-state index in [0.29, 0.717) is 16.6 Å². The van der Waals surface area contributed by atoms with Crippen LogP contribution in [-0.2, 0) is 0 Å². The molecule has 2 aromatic rings. The van der Waals surface area contributed by atoms with Crippen molar-refractivity contribution in [2.75, 3.05) is 0 Å². The van der Waals surface area contributed by atoms with Gasteiger partial charge in [0.1, 0.15) is 8.07 Å². The minimum Gasteiger partial charge on any atom is -0.125 e. The van der Waals surface area contributed by atoms with E-state index in [1.54, 1.807) is 0 Å². The molecule has 26 heavy (non-hydrogen) atoms. The van der Waals surface area contributed by atoms with Crippen molar-refractivity contribution in [3.05, 3.63) is 71.8 Å². The van der Waals surface area contributed by atoms with E-state index in [0.717, 1.165) is 5.57 Å². The maximum atomic E-state index is 3.87. The number of allylic oxidation sites excluding steroid dienone is 1. The molecule has 0 saturated carbocycles. The zero-order valence-corrected chi connectivity index (χ0v) is 18.1. The van der Waals surface area contributed by atoms with Crippen LogP contribution in [0.1, 0.15) is 52.7 Å². The summed E-state index contributed by atoms with van der Waals surface area (Å²) < 4.78 is 0. The monoisotopic (exact) mass is 360 g/mol. The van der Waals surface area contributed by atoms with Gasteiger partial charge < -0.3 is 0 Å². The van der Waals surface area contributed by atoms with Crippen LogP contribution in [0.15, 0.2) is 60.7 Å². The Bertz CT molecular complexity index is 749. The molecule has 0 saturated heterocycles. The highest BCUT2D eigenvalue weighted by Crippen LogP contribution is 2.41. The minimum atomic E-state index is -1.74. The Morgan fingerprint density at radius 2 is 1.19 bits per heavy atom. The molecule has 0 unspecified atom stereocenters. The van der Waals surface area contributed by atoms with Crippen molar-refractivity contribution in [3.63, 3.8) is 0 Å². The van der Waals surface area contributed by atoms with Crippen LogP contribution in [0, 0.1) is 11.5 Å². The number of benzene rings is 2. The molecule has 0 aliphatic rings. The van der Waals surface area contributed by atoms with E-state index in [2.05, 4.69) is 120 Å². The standard InChI is InChI=1S/C25H32Si/c1-20(2)26(21(3)4,22(5)6)18-17-25(24-15-11-8-12-16-24)19-23-13-9-7-10-14-23/h7-16,19-22H,1-6H3. The van der Waals surface area contributed by atoms with Crippen molar-refractivity contribution < 1.29 is 0 Å². The van der Waals surface area contributed by atoms with E-state index >= 15 is 0 Å². The van der Waals surface area contributed by atoms with Gasteiger partial charge in [0.15, 0.2) is 0 Å². The second-order valence-corrected chi connectivity index (χ2v) is 13.6. The third kappa shape index (κ3) is 4.57. The fourth-order valence-corrected chi connectivity index (χ4v) is 9.35. The topological polar surface area (TPSA) is 0 Å². The Morgan fingerprint density at radius 1 is 0.731 bits per heavy atom. The molecule has 0 spiro atoms. The molecule has 0 aromatic heterocycles. The van der Waals surface area contributed by atoms with Crippen LogP contribution in [0.3, 0.4) is 0 Å². The quantitative estimate of drug-likeness (QED) is 0.295. The SMILES string of the molecule is CC(C)[Si](C#CC(=Cc1ccccc1)c1ccccc1)(C(C)C)C(C)C. The molecule has 1 heteroatoms. The largest absolute Gasteiger partial charge is 0.146 e. The Kier molecular flexibility index (Phi) is 7.06.